The SMILES string of the molecule is CC(Nc1nc(C(C)(C)C(=O)O)cs1)C1CCCC1. The fraction of sp³-hybridized carbons (Fsp3) is 0.714. The third-order valence-electron chi connectivity index (χ3n) is 4.14. The zero-order valence-corrected chi connectivity index (χ0v) is 12.6. The number of hydrogen-bond acceptors (Lipinski definition) is 4. The first-order valence-corrected chi connectivity index (χ1v) is 7.75. The lowest BCUT2D eigenvalue weighted by atomic mass is 9.90. The molecular formula is C14H22N2O2S. The Balaban J connectivity index is 2.03. The largest absolute Gasteiger partial charge is 0.481 e. The summed E-state index contributed by atoms with van der Waals surface area (Å²) in [5.74, 6) is -0.118. The van der Waals surface area contributed by atoms with Crippen LogP contribution in [0, 0.1) is 5.92 Å². The summed E-state index contributed by atoms with van der Waals surface area (Å²) >= 11 is 1.50. The molecule has 0 aliphatic heterocycles. The molecule has 106 valence electrons. The summed E-state index contributed by atoms with van der Waals surface area (Å²) in [6.45, 7) is 5.57. The van der Waals surface area contributed by atoms with Crippen LogP contribution in [0.25, 0.3) is 0 Å². The molecule has 5 heteroatoms. The van der Waals surface area contributed by atoms with Crippen LogP contribution < -0.4 is 5.32 Å². The number of anilines is 1. The van der Waals surface area contributed by atoms with Crippen molar-refractivity contribution in [3.8, 4) is 0 Å². The third kappa shape index (κ3) is 3.08. The van der Waals surface area contributed by atoms with Crippen LogP contribution in [0.15, 0.2) is 5.38 Å². The van der Waals surface area contributed by atoms with E-state index in [0.29, 0.717) is 11.7 Å². The summed E-state index contributed by atoms with van der Waals surface area (Å²) in [5.41, 5.74) is -0.293. The van der Waals surface area contributed by atoms with E-state index < -0.39 is 11.4 Å². The molecule has 1 saturated carbocycles. The van der Waals surface area contributed by atoms with Crippen LogP contribution in [0.3, 0.4) is 0 Å². The quantitative estimate of drug-likeness (QED) is 0.867. The highest BCUT2D eigenvalue weighted by Crippen LogP contribution is 2.31. The number of thiazole rings is 1. The van der Waals surface area contributed by atoms with Crippen LogP contribution in [-0.4, -0.2) is 22.1 Å². The smallest absolute Gasteiger partial charge is 0.315 e. The second kappa shape index (κ2) is 5.49. The number of carboxylic acids is 1. The minimum atomic E-state index is -0.924. The predicted molar refractivity (Wildman–Crippen MR) is 77.8 cm³/mol. The Hall–Kier alpha value is -1.10. The van der Waals surface area contributed by atoms with Crippen molar-refractivity contribution in [2.75, 3.05) is 5.32 Å². The molecule has 0 bridgehead atoms. The van der Waals surface area contributed by atoms with Crippen molar-refractivity contribution >= 4 is 22.4 Å². The number of hydrogen-bond donors (Lipinski definition) is 2. The number of aliphatic carboxylic acids is 1. The van der Waals surface area contributed by atoms with E-state index >= 15 is 0 Å². The maximum atomic E-state index is 11.2. The number of rotatable bonds is 5. The maximum absolute atomic E-state index is 11.2. The fourth-order valence-corrected chi connectivity index (χ4v) is 3.48. The van der Waals surface area contributed by atoms with E-state index in [0.717, 1.165) is 11.0 Å². The highest BCUT2D eigenvalue weighted by atomic mass is 32.1. The maximum Gasteiger partial charge on any atom is 0.315 e. The summed E-state index contributed by atoms with van der Waals surface area (Å²) in [6, 6.07) is 0.412. The minimum Gasteiger partial charge on any atom is -0.481 e. The molecule has 0 spiro atoms. The van der Waals surface area contributed by atoms with Crippen molar-refractivity contribution in [2.24, 2.45) is 5.92 Å². The van der Waals surface area contributed by atoms with Crippen LogP contribution in [0.2, 0.25) is 0 Å². The molecule has 1 fully saturated rings. The Morgan fingerprint density at radius 2 is 2.16 bits per heavy atom. The van der Waals surface area contributed by atoms with Gasteiger partial charge < -0.3 is 10.4 Å². The highest BCUT2D eigenvalue weighted by Gasteiger charge is 2.32. The Morgan fingerprint density at radius 3 is 2.74 bits per heavy atom. The van der Waals surface area contributed by atoms with Gasteiger partial charge in [0.15, 0.2) is 5.13 Å². The van der Waals surface area contributed by atoms with Gasteiger partial charge in [0.2, 0.25) is 0 Å². The van der Waals surface area contributed by atoms with Gasteiger partial charge in [0.05, 0.1) is 5.69 Å². The summed E-state index contributed by atoms with van der Waals surface area (Å²) in [5, 5.41) is 15.3. The first-order valence-electron chi connectivity index (χ1n) is 6.87. The number of carboxylic acid groups (broad SMARTS) is 1. The van der Waals surface area contributed by atoms with Crippen LogP contribution >= 0.6 is 11.3 Å². The van der Waals surface area contributed by atoms with E-state index in [-0.39, 0.29) is 0 Å². The van der Waals surface area contributed by atoms with Crippen LogP contribution in [0.5, 0.6) is 0 Å². The van der Waals surface area contributed by atoms with E-state index in [1.165, 1.54) is 37.0 Å². The molecule has 4 nitrogen and oxygen atoms in total. The molecule has 2 rings (SSSR count). The zero-order valence-electron chi connectivity index (χ0n) is 11.8. The van der Waals surface area contributed by atoms with Gasteiger partial charge in [-0.1, -0.05) is 12.8 Å². The molecule has 1 unspecified atom stereocenters. The third-order valence-corrected chi connectivity index (χ3v) is 4.91. The molecule has 1 aromatic heterocycles. The van der Waals surface area contributed by atoms with Crippen LogP contribution in [0.1, 0.15) is 52.1 Å². The van der Waals surface area contributed by atoms with Gasteiger partial charge in [0.1, 0.15) is 5.41 Å². The summed E-state index contributed by atoms with van der Waals surface area (Å²) in [4.78, 5) is 15.6. The van der Waals surface area contributed by atoms with E-state index in [2.05, 4.69) is 17.2 Å². The number of nitrogens with one attached hydrogen (secondary N) is 1. The molecule has 0 amide bonds. The average molecular weight is 282 g/mol. The Morgan fingerprint density at radius 1 is 1.53 bits per heavy atom. The van der Waals surface area contributed by atoms with Crippen molar-refractivity contribution in [3.05, 3.63) is 11.1 Å². The highest BCUT2D eigenvalue weighted by molar-refractivity contribution is 7.13. The topological polar surface area (TPSA) is 62.2 Å². The molecule has 1 aliphatic rings. The average Bonchev–Trinajstić information content (AvgIpc) is 2.99. The lowest BCUT2D eigenvalue weighted by Crippen LogP contribution is -2.29. The fourth-order valence-electron chi connectivity index (χ4n) is 2.51. The van der Waals surface area contributed by atoms with Gasteiger partial charge in [0.25, 0.3) is 0 Å². The lowest BCUT2D eigenvalue weighted by Gasteiger charge is -2.20. The van der Waals surface area contributed by atoms with Gasteiger partial charge in [-0.05, 0) is 39.5 Å². The molecule has 1 heterocycles. The van der Waals surface area contributed by atoms with E-state index in [9.17, 15) is 9.90 Å². The monoisotopic (exact) mass is 282 g/mol. The summed E-state index contributed by atoms with van der Waals surface area (Å²) in [6.07, 6.45) is 5.22. The summed E-state index contributed by atoms with van der Waals surface area (Å²) in [7, 11) is 0. The second-order valence-electron chi connectivity index (χ2n) is 5.95. The number of nitrogens with zero attached hydrogens (tertiary/aromatic N) is 1. The van der Waals surface area contributed by atoms with Crippen molar-refractivity contribution in [3.63, 3.8) is 0 Å². The van der Waals surface area contributed by atoms with E-state index in [1.54, 1.807) is 13.8 Å². The number of aromatic nitrogens is 1. The molecule has 1 atom stereocenters. The van der Waals surface area contributed by atoms with Gasteiger partial charge in [0, 0.05) is 11.4 Å². The van der Waals surface area contributed by atoms with Crippen molar-refractivity contribution < 1.29 is 9.90 Å². The molecule has 19 heavy (non-hydrogen) atoms. The van der Waals surface area contributed by atoms with Crippen molar-refractivity contribution in [1.29, 1.82) is 0 Å². The van der Waals surface area contributed by atoms with Crippen molar-refractivity contribution in [2.45, 2.75) is 57.9 Å². The van der Waals surface area contributed by atoms with Gasteiger partial charge in [-0.25, -0.2) is 4.98 Å². The first kappa shape index (κ1) is 14.3. The predicted octanol–water partition coefficient (Wildman–Crippen LogP) is 3.50. The molecule has 0 radical (unpaired) electrons. The second-order valence-corrected chi connectivity index (χ2v) is 6.80. The normalized spacial score (nSPS) is 18.5. The molecular weight excluding hydrogens is 260 g/mol. The molecule has 2 N–H and O–H groups in total. The van der Waals surface area contributed by atoms with E-state index in [1.807, 2.05) is 5.38 Å². The minimum absolute atomic E-state index is 0.412. The molecule has 0 saturated heterocycles. The molecule has 0 aromatic carbocycles. The standard InChI is InChI=1S/C14H22N2O2S/c1-9(10-6-4-5-7-10)15-13-16-11(8-19-13)14(2,3)12(17)18/h8-10H,4-7H2,1-3H3,(H,15,16)(H,17,18). The Bertz CT molecular complexity index is 450. The van der Waals surface area contributed by atoms with Gasteiger partial charge in [-0.3, -0.25) is 4.79 Å². The number of carbonyl (C=O) groups is 1. The van der Waals surface area contributed by atoms with Gasteiger partial charge in [-0.15, -0.1) is 11.3 Å². The zero-order chi connectivity index (χ0) is 14.0. The van der Waals surface area contributed by atoms with E-state index in [4.69, 9.17) is 0 Å². The molecule has 1 aromatic rings. The summed E-state index contributed by atoms with van der Waals surface area (Å²) < 4.78 is 0. The van der Waals surface area contributed by atoms with Crippen molar-refractivity contribution in [1.82, 2.24) is 4.98 Å². The Kier molecular flexibility index (Phi) is 4.13. The van der Waals surface area contributed by atoms with Crippen LogP contribution in [-0.2, 0) is 10.2 Å². The Labute approximate surface area is 118 Å². The van der Waals surface area contributed by atoms with Gasteiger partial charge in [-0.2, -0.15) is 0 Å². The lowest BCUT2D eigenvalue weighted by molar-refractivity contribution is -0.142. The van der Waals surface area contributed by atoms with Gasteiger partial charge >= 0.3 is 5.97 Å². The molecule has 1 aliphatic carbocycles. The first-order chi connectivity index (χ1) is 8.91. The van der Waals surface area contributed by atoms with Crippen LogP contribution in [0.4, 0.5) is 5.13 Å².